The number of aryl methyl sites for hydroxylation is 2. The number of para-hydroxylation sites is 1. The molecule has 4 heterocycles. The largest absolute Gasteiger partial charge is 0.493 e. The first-order valence-corrected chi connectivity index (χ1v) is 11.7. The number of thiophene rings is 1. The van der Waals surface area contributed by atoms with Gasteiger partial charge in [0.05, 0.1) is 54.2 Å². The molecule has 1 N–H and O–H groups in total. The second kappa shape index (κ2) is 9.22. The Kier molecular flexibility index (Phi) is 5.96. The number of fused-ring (bicyclic) bond motifs is 1. The number of aromatic nitrogens is 4. The van der Waals surface area contributed by atoms with E-state index in [1.54, 1.807) is 55.5 Å². The lowest BCUT2D eigenvalue weighted by Crippen LogP contribution is -2.17. The van der Waals surface area contributed by atoms with Crippen molar-refractivity contribution in [2.45, 2.75) is 20.4 Å². The minimum atomic E-state index is -0.308. The second-order valence-corrected chi connectivity index (χ2v) is 9.18. The minimum absolute atomic E-state index is 0.308. The van der Waals surface area contributed by atoms with E-state index in [1.165, 1.54) is 0 Å². The number of amides is 1. The number of methoxy groups -OCH3 is 2. The van der Waals surface area contributed by atoms with E-state index in [1.807, 2.05) is 37.3 Å². The zero-order valence-electron chi connectivity index (χ0n) is 19.7. The zero-order valence-corrected chi connectivity index (χ0v) is 20.5. The lowest BCUT2D eigenvalue weighted by Gasteiger charge is -2.14. The Morgan fingerprint density at radius 2 is 2.00 bits per heavy atom. The van der Waals surface area contributed by atoms with E-state index in [0.29, 0.717) is 51.9 Å². The van der Waals surface area contributed by atoms with E-state index in [9.17, 15) is 4.79 Å². The molecule has 0 spiro atoms. The third-order valence-electron chi connectivity index (χ3n) is 5.62. The van der Waals surface area contributed by atoms with E-state index in [-0.39, 0.29) is 5.91 Å². The van der Waals surface area contributed by atoms with Gasteiger partial charge in [-0.05, 0) is 38.1 Å². The maximum atomic E-state index is 13.5. The second-order valence-electron chi connectivity index (χ2n) is 7.89. The molecule has 10 heteroatoms. The van der Waals surface area contributed by atoms with Gasteiger partial charge in [-0.15, -0.1) is 11.3 Å². The summed E-state index contributed by atoms with van der Waals surface area (Å²) in [5.41, 5.74) is 2.88. The van der Waals surface area contributed by atoms with Gasteiger partial charge in [0.1, 0.15) is 5.82 Å². The summed E-state index contributed by atoms with van der Waals surface area (Å²) in [7, 11) is 3.19. The summed E-state index contributed by atoms with van der Waals surface area (Å²) in [5, 5.41) is 12.0. The van der Waals surface area contributed by atoms with Crippen LogP contribution in [0.5, 0.6) is 11.5 Å². The Balaban J connectivity index is 1.49. The number of hydrogen-bond acceptors (Lipinski definition) is 8. The summed E-state index contributed by atoms with van der Waals surface area (Å²) < 4.78 is 18.0. The van der Waals surface area contributed by atoms with Crippen LogP contribution in [0.25, 0.3) is 21.7 Å². The number of pyridine rings is 1. The lowest BCUT2D eigenvalue weighted by atomic mass is 10.1. The molecule has 0 unspecified atom stereocenters. The molecule has 178 valence electrons. The van der Waals surface area contributed by atoms with E-state index in [4.69, 9.17) is 14.0 Å². The molecule has 9 nitrogen and oxygen atoms in total. The molecular weight excluding hydrogens is 466 g/mol. The van der Waals surface area contributed by atoms with Gasteiger partial charge in [0, 0.05) is 16.5 Å². The highest BCUT2D eigenvalue weighted by Gasteiger charge is 2.21. The van der Waals surface area contributed by atoms with Crippen LogP contribution in [0.15, 0.2) is 53.2 Å². The van der Waals surface area contributed by atoms with Gasteiger partial charge in [0.25, 0.3) is 11.6 Å². The predicted octanol–water partition coefficient (Wildman–Crippen LogP) is 5.08. The monoisotopic (exact) mass is 489 g/mol. The normalized spacial score (nSPS) is 11.1. The SMILES string of the molecule is COc1cccc(Cn2nccc2NC(=O)c2cc(-c3ccc(C)s3)nc3onc(C)c23)c1OC. The summed E-state index contributed by atoms with van der Waals surface area (Å²) >= 11 is 1.60. The van der Waals surface area contributed by atoms with Crippen LogP contribution in [0.3, 0.4) is 0 Å². The first-order chi connectivity index (χ1) is 17.0. The summed E-state index contributed by atoms with van der Waals surface area (Å²) in [6, 6.07) is 13.2. The zero-order chi connectivity index (χ0) is 24.5. The van der Waals surface area contributed by atoms with Crippen LogP contribution in [0.4, 0.5) is 5.82 Å². The smallest absolute Gasteiger partial charge is 0.259 e. The van der Waals surface area contributed by atoms with E-state index >= 15 is 0 Å². The molecule has 0 fully saturated rings. The number of ether oxygens (including phenoxy) is 2. The molecule has 5 rings (SSSR count). The summed E-state index contributed by atoms with van der Waals surface area (Å²) in [5.74, 6) is 1.47. The van der Waals surface area contributed by atoms with Crippen LogP contribution in [0.2, 0.25) is 0 Å². The lowest BCUT2D eigenvalue weighted by molar-refractivity contribution is 0.102. The Morgan fingerprint density at radius 1 is 1.14 bits per heavy atom. The number of hydrogen-bond donors (Lipinski definition) is 1. The first-order valence-electron chi connectivity index (χ1n) is 10.9. The van der Waals surface area contributed by atoms with E-state index in [0.717, 1.165) is 15.3 Å². The maximum Gasteiger partial charge on any atom is 0.259 e. The molecule has 0 atom stereocenters. The molecule has 0 saturated heterocycles. The maximum absolute atomic E-state index is 13.5. The highest BCUT2D eigenvalue weighted by molar-refractivity contribution is 7.15. The summed E-state index contributed by atoms with van der Waals surface area (Å²) in [6.45, 7) is 4.19. The molecule has 35 heavy (non-hydrogen) atoms. The van der Waals surface area contributed by atoms with Crippen LogP contribution in [-0.2, 0) is 6.54 Å². The van der Waals surface area contributed by atoms with Crippen molar-refractivity contribution in [3.05, 3.63) is 70.4 Å². The number of carbonyl (C=O) groups excluding carboxylic acids is 1. The average molecular weight is 490 g/mol. The van der Waals surface area contributed by atoms with Gasteiger partial charge in [0.15, 0.2) is 11.5 Å². The molecule has 0 aliphatic rings. The molecule has 0 radical (unpaired) electrons. The molecule has 5 aromatic rings. The van der Waals surface area contributed by atoms with Crippen LogP contribution in [0, 0.1) is 13.8 Å². The van der Waals surface area contributed by atoms with Crippen LogP contribution >= 0.6 is 11.3 Å². The number of nitrogens with one attached hydrogen (secondary N) is 1. The first kappa shape index (κ1) is 22.6. The minimum Gasteiger partial charge on any atom is -0.493 e. The van der Waals surface area contributed by atoms with Crippen molar-refractivity contribution in [3.8, 4) is 22.1 Å². The van der Waals surface area contributed by atoms with Gasteiger partial charge < -0.3 is 19.3 Å². The number of rotatable bonds is 7. The number of carbonyl (C=O) groups is 1. The molecule has 1 aromatic carbocycles. The Labute approximate surface area is 205 Å². The van der Waals surface area contributed by atoms with Crippen LogP contribution < -0.4 is 14.8 Å². The van der Waals surface area contributed by atoms with Crippen molar-refractivity contribution >= 4 is 34.2 Å². The summed E-state index contributed by atoms with van der Waals surface area (Å²) in [6.07, 6.45) is 1.63. The molecule has 0 bridgehead atoms. The van der Waals surface area contributed by atoms with Gasteiger partial charge in [0.2, 0.25) is 0 Å². The number of benzene rings is 1. The van der Waals surface area contributed by atoms with Gasteiger partial charge in [-0.25, -0.2) is 9.67 Å². The van der Waals surface area contributed by atoms with Gasteiger partial charge in [-0.1, -0.05) is 17.3 Å². The highest BCUT2D eigenvalue weighted by Crippen LogP contribution is 2.33. The van der Waals surface area contributed by atoms with E-state index in [2.05, 4.69) is 20.6 Å². The van der Waals surface area contributed by atoms with Crippen molar-refractivity contribution in [2.75, 3.05) is 19.5 Å². The van der Waals surface area contributed by atoms with Crippen molar-refractivity contribution in [1.82, 2.24) is 19.9 Å². The van der Waals surface area contributed by atoms with Gasteiger partial charge >= 0.3 is 0 Å². The highest BCUT2D eigenvalue weighted by atomic mass is 32.1. The van der Waals surface area contributed by atoms with Crippen molar-refractivity contribution < 1.29 is 18.8 Å². The van der Waals surface area contributed by atoms with Gasteiger partial charge in [-0.2, -0.15) is 5.10 Å². The third kappa shape index (κ3) is 4.24. The standard InChI is InChI=1S/C25H23N5O4S/c1-14-8-9-20(35-14)18-12-17(22-15(2)29-34-25(22)27-18)24(31)28-21-10-11-26-30(21)13-16-6-5-7-19(32-3)23(16)33-4/h5-12H,13H2,1-4H3,(H,28,31). The summed E-state index contributed by atoms with van der Waals surface area (Å²) in [4.78, 5) is 20.2. The fourth-order valence-electron chi connectivity index (χ4n) is 3.96. The molecule has 0 aliphatic carbocycles. The van der Waals surface area contributed by atoms with Crippen LogP contribution in [0.1, 0.15) is 26.5 Å². The topological polar surface area (TPSA) is 104 Å². The fraction of sp³-hybridized carbons (Fsp3) is 0.200. The molecule has 4 aromatic heterocycles. The molecule has 0 aliphatic heterocycles. The quantitative estimate of drug-likeness (QED) is 0.340. The Morgan fingerprint density at radius 3 is 2.74 bits per heavy atom. The average Bonchev–Trinajstić information content (AvgIpc) is 3.59. The van der Waals surface area contributed by atoms with E-state index < -0.39 is 0 Å². The number of anilines is 1. The molecular formula is C25H23N5O4S. The Bertz CT molecular complexity index is 1530. The van der Waals surface area contributed by atoms with Gasteiger partial charge in [-0.3, -0.25) is 4.79 Å². The number of nitrogens with zero attached hydrogens (tertiary/aromatic N) is 4. The van der Waals surface area contributed by atoms with Crippen molar-refractivity contribution in [2.24, 2.45) is 0 Å². The van der Waals surface area contributed by atoms with Crippen LogP contribution in [-0.4, -0.2) is 40.0 Å². The molecule has 1 amide bonds. The predicted molar refractivity (Wildman–Crippen MR) is 133 cm³/mol. The fourth-order valence-corrected chi connectivity index (χ4v) is 4.79. The van der Waals surface area contributed by atoms with Crippen molar-refractivity contribution in [1.29, 1.82) is 0 Å². The Hall–Kier alpha value is -4.18. The van der Waals surface area contributed by atoms with Crippen molar-refractivity contribution in [3.63, 3.8) is 0 Å². The third-order valence-corrected chi connectivity index (χ3v) is 6.64. The molecule has 0 saturated carbocycles.